The molecule has 2 amide bonds. The summed E-state index contributed by atoms with van der Waals surface area (Å²) >= 11 is 0. The summed E-state index contributed by atoms with van der Waals surface area (Å²) in [6.45, 7) is 0. The number of benzene rings is 3. The Balaban J connectivity index is 1.89. The summed E-state index contributed by atoms with van der Waals surface area (Å²) in [4.78, 5) is 25.5. The van der Waals surface area contributed by atoms with Gasteiger partial charge >= 0.3 is 0 Å². The van der Waals surface area contributed by atoms with E-state index in [0.29, 0.717) is 17.2 Å². The van der Waals surface area contributed by atoms with Crippen molar-refractivity contribution >= 4 is 17.5 Å². The van der Waals surface area contributed by atoms with Crippen molar-refractivity contribution in [2.75, 3.05) is 4.90 Å². The molecule has 0 fully saturated rings. The topological polar surface area (TPSA) is 46.6 Å². The molecule has 0 radical (unpaired) electrons. The number of hydrogen-bond acceptors (Lipinski definition) is 3. The number of carbonyl (C=O) groups excluding carboxylic acids is 2. The molecule has 1 aliphatic heterocycles. The number of ether oxygens (including phenoxy) is 1. The van der Waals surface area contributed by atoms with E-state index in [1.165, 1.54) is 12.2 Å². The van der Waals surface area contributed by atoms with Crippen LogP contribution < -0.4 is 9.64 Å². The second-order valence-corrected chi connectivity index (χ2v) is 5.78. The van der Waals surface area contributed by atoms with Crippen molar-refractivity contribution < 1.29 is 14.3 Å². The highest BCUT2D eigenvalue weighted by Gasteiger charge is 2.29. The van der Waals surface area contributed by atoms with Gasteiger partial charge in [-0.25, -0.2) is 4.90 Å². The molecule has 0 unspecified atom stereocenters. The maximum atomic E-state index is 12.2. The average Bonchev–Trinajstić information content (AvgIpc) is 3.02. The highest BCUT2D eigenvalue weighted by molar-refractivity contribution is 6.28. The molecule has 0 saturated heterocycles. The lowest BCUT2D eigenvalue weighted by atomic mass is 10.0. The van der Waals surface area contributed by atoms with Gasteiger partial charge in [0.15, 0.2) is 5.75 Å². The summed E-state index contributed by atoms with van der Waals surface area (Å²) in [5, 5.41) is 0. The molecule has 0 saturated carbocycles. The Morgan fingerprint density at radius 3 is 1.92 bits per heavy atom. The van der Waals surface area contributed by atoms with Crippen LogP contribution in [0.1, 0.15) is 0 Å². The summed E-state index contributed by atoms with van der Waals surface area (Å²) in [7, 11) is 0. The van der Waals surface area contributed by atoms with Crippen molar-refractivity contribution in [1.82, 2.24) is 0 Å². The number of imide groups is 1. The first-order chi connectivity index (χ1) is 12.7. The van der Waals surface area contributed by atoms with Gasteiger partial charge in [-0.05, 0) is 23.8 Å². The van der Waals surface area contributed by atoms with Gasteiger partial charge in [0.25, 0.3) is 11.8 Å². The monoisotopic (exact) mass is 341 g/mol. The number of para-hydroxylation sites is 2. The fraction of sp³-hybridized carbons (Fsp3) is 0. The van der Waals surface area contributed by atoms with Crippen molar-refractivity contribution in [1.29, 1.82) is 0 Å². The standard InChI is InChI=1S/C22H15NO3/c24-20-14-15-21(25)23(20)19-13-7-12-18(16-8-3-1-4-9-16)22(19)26-17-10-5-2-6-11-17/h1-15H. The molecule has 0 aliphatic carbocycles. The Morgan fingerprint density at radius 1 is 0.654 bits per heavy atom. The van der Waals surface area contributed by atoms with E-state index in [0.717, 1.165) is 16.0 Å². The van der Waals surface area contributed by atoms with Crippen molar-refractivity contribution in [2.24, 2.45) is 0 Å². The Hall–Kier alpha value is -3.66. The smallest absolute Gasteiger partial charge is 0.258 e. The quantitative estimate of drug-likeness (QED) is 0.653. The van der Waals surface area contributed by atoms with Crippen molar-refractivity contribution in [3.05, 3.63) is 91.0 Å². The van der Waals surface area contributed by atoms with E-state index in [1.54, 1.807) is 6.07 Å². The van der Waals surface area contributed by atoms with Crippen molar-refractivity contribution in [2.45, 2.75) is 0 Å². The van der Waals surface area contributed by atoms with Crippen LogP contribution in [-0.4, -0.2) is 11.8 Å². The Bertz CT molecular complexity index is 976. The Morgan fingerprint density at radius 2 is 1.27 bits per heavy atom. The van der Waals surface area contributed by atoms with Crippen LogP contribution in [0.5, 0.6) is 11.5 Å². The average molecular weight is 341 g/mol. The molecule has 0 N–H and O–H groups in total. The third-order valence-electron chi connectivity index (χ3n) is 4.09. The summed E-state index contributed by atoms with van der Waals surface area (Å²) in [5.74, 6) is 0.343. The van der Waals surface area contributed by atoms with E-state index in [9.17, 15) is 9.59 Å². The minimum Gasteiger partial charge on any atom is -0.455 e. The number of carbonyl (C=O) groups is 2. The maximum Gasteiger partial charge on any atom is 0.258 e. The molecular weight excluding hydrogens is 326 g/mol. The first kappa shape index (κ1) is 15.8. The van der Waals surface area contributed by atoms with Crippen LogP contribution in [0.25, 0.3) is 11.1 Å². The predicted molar refractivity (Wildman–Crippen MR) is 100 cm³/mol. The van der Waals surface area contributed by atoms with Crippen molar-refractivity contribution in [3.8, 4) is 22.6 Å². The molecule has 3 aromatic carbocycles. The van der Waals surface area contributed by atoms with E-state index in [-0.39, 0.29) is 11.8 Å². The maximum absolute atomic E-state index is 12.2. The van der Waals surface area contributed by atoms with E-state index < -0.39 is 0 Å². The summed E-state index contributed by atoms with van der Waals surface area (Å²) in [5.41, 5.74) is 2.17. The molecule has 3 aromatic rings. The zero-order valence-corrected chi connectivity index (χ0v) is 13.8. The number of nitrogens with zero attached hydrogens (tertiary/aromatic N) is 1. The SMILES string of the molecule is O=C1C=CC(=O)N1c1cccc(-c2ccccc2)c1Oc1ccccc1. The fourth-order valence-electron chi connectivity index (χ4n) is 2.90. The molecule has 4 rings (SSSR count). The molecule has 1 heterocycles. The van der Waals surface area contributed by atoms with E-state index in [1.807, 2.05) is 72.8 Å². The summed E-state index contributed by atoms with van der Waals surface area (Å²) in [6, 6.07) is 24.5. The highest BCUT2D eigenvalue weighted by atomic mass is 16.5. The molecule has 0 atom stereocenters. The minimum absolute atomic E-state index is 0.377. The molecule has 1 aliphatic rings. The van der Waals surface area contributed by atoms with Crippen LogP contribution in [0.3, 0.4) is 0 Å². The zero-order chi connectivity index (χ0) is 17.9. The lowest BCUT2D eigenvalue weighted by Crippen LogP contribution is -2.29. The summed E-state index contributed by atoms with van der Waals surface area (Å²) in [6.07, 6.45) is 2.54. The van der Waals surface area contributed by atoms with Gasteiger partial charge in [-0.3, -0.25) is 9.59 Å². The van der Waals surface area contributed by atoms with Crippen LogP contribution in [0, 0.1) is 0 Å². The fourth-order valence-corrected chi connectivity index (χ4v) is 2.90. The van der Waals surface area contributed by atoms with Gasteiger partial charge in [0.2, 0.25) is 0 Å². The zero-order valence-electron chi connectivity index (χ0n) is 13.8. The lowest BCUT2D eigenvalue weighted by molar-refractivity contribution is -0.120. The van der Waals surface area contributed by atoms with Crippen molar-refractivity contribution in [3.63, 3.8) is 0 Å². The predicted octanol–water partition coefficient (Wildman–Crippen LogP) is 4.58. The van der Waals surface area contributed by atoms with Gasteiger partial charge in [-0.1, -0.05) is 60.7 Å². The molecule has 26 heavy (non-hydrogen) atoms. The Labute approximate surface area is 151 Å². The second-order valence-electron chi connectivity index (χ2n) is 5.78. The third-order valence-corrected chi connectivity index (χ3v) is 4.09. The summed E-state index contributed by atoms with van der Waals surface area (Å²) < 4.78 is 6.13. The second kappa shape index (κ2) is 6.69. The van der Waals surface area contributed by atoms with E-state index in [4.69, 9.17) is 4.74 Å². The number of rotatable bonds is 4. The third kappa shape index (κ3) is 2.89. The highest BCUT2D eigenvalue weighted by Crippen LogP contribution is 2.42. The molecule has 0 spiro atoms. The van der Waals surface area contributed by atoms with Gasteiger partial charge in [-0.15, -0.1) is 0 Å². The molecule has 0 aromatic heterocycles. The molecule has 126 valence electrons. The largest absolute Gasteiger partial charge is 0.455 e. The van der Waals surface area contributed by atoms with Crippen LogP contribution >= 0.6 is 0 Å². The molecule has 4 nitrogen and oxygen atoms in total. The number of amides is 2. The number of hydrogen-bond donors (Lipinski definition) is 0. The van der Waals surface area contributed by atoms with Crippen LogP contribution in [0.4, 0.5) is 5.69 Å². The molecular formula is C22H15NO3. The lowest BCUT2D eigenvalue weighted by Gasteiger charge is -2.21. The Kier molecular flexibility index (Phi) is 4.07. The van der Waals surface area contributed by atoms with E-state index in [2.05, 4.69) is 0 Å². The molecule has 4 heteroatoms. The normalized spacial score (nSPS) is 13.3. The van der Waals surface area contributed by atoms with Crippen LogP contribution in [0.15, 0.2) is 91.0 Å². The van der Waals surface area contributed by atoms with Gasteiger partial charge in [-0.2, -0.15) is 0 Å². The molecule has 0 bridgehead atoms. The van der Waals surface area contributed by atoms with Gasteiger partial charge in [0.05, 0.1) is 5.69 Å². The first-order valence-corrected chi connectivity index (χ1v) is 8.21. The van der Waals surface area contributed by atoms with Crippen LogP contribution in [-0.2, 0) is 9.59 Å². The van der Waals surface area contributed by atoms with Gasteiger partial charge in [0.1, 0.15) is 5.75 Å². The van der Waals surface area contributed by atoms with E-state index >= 15 is 0 Å². The van der Waals surface area contributed by atoms with Gasteiger partial charge in [0, 0.05) is 17.7 Å². The minimum atomic E-state index is -0.377. The number of anilines is 1. The first-order valence-electron chi connectivity index (χ1n) is 8.21. The van der Waals surface area contributed by atoms with Crippen LogP contribution in [0.2, 0.25) is 0 Å². The van der Waals surface area contributed by atoms with Gasteiger partial charge < -0.3 is 4.74 Å².